The molecule has 3 aromatic rings. The molecule has 132 valence electrons. The van der Waals surface area contributed by atoms with Crippen LogP contribution in [0.25, 0.3) is 0 Å². The van der Waals surface area contributed by atoms with Crippen LogP contribution in [0.4, 0.5) is 5.95 Å². The van der Waals surface area contributed by atoms with Crippen LogP contribution in [-0.4, -0.2) is 21.4 Å². The molecule has 0 unspecified atom stereocenters. The van der Waals surface area contributed by atoms with Crippen molar-refractivity contribution in [1.82, 2.24) is 15.2 Å². The number of aromatic amines is 1. The molecule has 26 heavy (non-hydrogen) atoms. The number of hydrogen-bond donors (Lipinski definition) is 2. The van der Waals surface area contributed by atoms with Crippen LogP contribution in [0.15, 0.2) is 58.6 Å². The van der Waals surface area contributed by atoms with Gasteiger partial charge in [0.15, 0.2) is 0 Å². The quantitative estimate of drug-likeness (QED) is 0.497. The van der Waals surface area contributed by atoms with Crippen molar-refractivity contribution in [1.29, 1.82) is 0 Å². The fourth-order valence-electron chi connectivity index (χ4n) is 1.98. The van der Waals surface area contributed by atoms with Gasteiger partial charge in [-0.1, -0.05) is 29.3 Å². The molecule has 2 N–H and O–H groups in total. The highest BCUT2D eigenvalue weighted by atomic mass is 35.5. The first-order chi connectivity index (χ1) is 12.6. The number of benzene rings is 2. The van der Waals surface area contributed by atoms with E-state index in [1.54, 1.807) is 18.3 Å². The highest BCUT2D eigenvalue weighted by molar-refractivity contribution is 6.35. The fourth-order valence-corrected chi connectivity index (χ4v) is 2.44. The van der Waals surface area contributed by atoms with Gasteiger partial charge in [0, 0.05) is 15.6 Å². The van der Waals surface area contributed by atoms with Crippen molar-refractivity contribution in [3.63, 3.8) is 0 Å². The molecule has 0 saturated carbocycles. The first kappa shape index (κ1) is 17.9. The molecule has 7 nitrogen and oxygen atoms in total. The van der Waals surface area contributed by atoms with Gasteiger partial charge in [-0.2, -0.15) is 5.10 Å². The van der Waals surface area contributed by atoms with Crippen LogP contribution in [-0.2, 0) is 6.61 Å². The third-order valence-electron chi connectivity index (χ3n) is 3.25. The number of nitrogens with zero attached hydrogens (tertiary/aromatic N) is 3. The number of hydrazone groups is 1. The Bertz CT molecular complexity index is 973. The number of H-pyrrole nitrogens is 1. The summed E-state index contributed by atoms with van der Waals surface area (Å²) in [6.45, 7) is 0.338. The predicted octanol–water partition coefficient (Wildman–Crippen LogP) is 3.50. The lowest BCUT2D eigenvalue weighted by molar-refractivity contribution is 0.306. The summed E-state index contributed by atoms with van der Waals surface area (Å²) in [6, 6.07) is 12.6. The van der Waals surface area contributed by atoms with Gasteiger partial charge in [-0.05, 0) is 42.0 Å². The molecule has 3 rings (SSSR count). The lowest BCUT2D eigenvalue weighted by Gasteiger charge is -2.08. The van der Waals surface area contributed by atoms with Crippen LogP contribution in [0, 0.1) is 0 Å². The molecule has 0 bridgehead atoms. The molecule has 0 amide bonds. The van der Waals surface area contributed by atoms with Gasteiger partial charge in [0.2, 0.25) is 5.95 Å². The highest BCUT2D eigenvalue weighted by Gasteiger charge is 2.02. The van der Waals surface area contributed by atoms with Gasteiger partial charge < -0.3 is 4.74 Å². The maximum absolute atomic E-state index is 11.1. The zero-order valence-corrected chi connectivity index (χ0v) is 14.8. The van der Waals surface area contributed by atoms with Gasteiger partial charge in [0.1, 0.15) is 18.6 Å². The first-order valence-electron chi connectivity index (χ1n) is 7.48. The Labute approximate surface area is 158 Å². The molecule has 9 heteroatoms. The average Bonchev–Trinajstić information content (AvgIpc) is 2.62. The number of aromatic nitrogens is 3. The Balaban J connectivity index is 1.56. The van der Waals surface area contributed by atoms with E-state index in [1.807, 2.05) is 30.3 Å². The monoisotopic (exact) mass is 389 g/mol. The molecule has 0 atom stereocenters. The van der Waals surface area contributed by atoms with E-state index in [0.29, 0.717) is 22.4 Å². The van der Waals surface area contributed by atoms with E-state index in [1.165, 1.54) is 0 Å². The maximum Gasteiger partial charge on any atom is 0.271 e. The second-order valence-corrected chi connectivity index (χ2v) is 5.99. The van der Waals surface area contributed by atoms with Crippen molar-refractivity contribution in [3.8, 4) is 5.75 Å². The highest BCUT2D eigenvalue weighted by Crippen LogP contribution is 2.22. The van der Waals surface area contributed by atoms with Gasteiger partial charge >= 0.3 is 0 Å². The zero-order chi connectivity index (χ0) is 18.4. The van der Waals surface area contributed by atoms with Crippen LogP contribution in [0.1, 0.15) is 11.1 Å². The van der Waals surface area contributed by atoms with Crippen LogP contribution >= 0.6 is 23.2 Å². The molecule has 0 saturated heterocycles. The summed E-state index contributed by atoms with van der Waals surface area (Å²) in [5.74, 6) is 0.855. The normalized spacial score (nSPS) is 10.8. The molecule has 0 radical (unpaired) electrons. The van der Waals surface area contributed by atoms with E-state index in [-0.39, 0.29) is 11.5 Å². The molecule has 0 aliphatic heterocycles. The van der Waals surface area contributed by atoms with Crippen LogP contribution in [0.2, 0.25) is 10.0 Å². The lowest BCUT2D eigenvalue weighted by Crippen LogP contribution is -2.10. The van der Waals surface area contributed by atoms with Crippen molar-refractivity contribution >= 4 is 35.4 Å². The molecule has 1 aromatic heterocycles. The molecule has 1 heterocycles. The third-order valence-corrected chi connectivity index (χ3v) is 3.83. The summed E-state index contributed by atoms with van der Waals surface area (Å²) < 4.78 is 5.71. The van der Waals surface area contributed by atoms with Gasteiger partial charge in [0.05, 0.1) is 6.21 Å². The summed E-state index contributed by atoms with van der Waals surface area (Å²) in [6.07, 6.45) is 2.65. The van der Waals surface area contributed by atoms with E-state index in [9.17, 15) is 4.79 Å². The summed E-state index contributed by atoms with van der Waals surface area (Å²) in [5.41, 5.74) is 3.91. The van der Waals surface area contributed by atoms with E-state index in [0.717, 1.165) is 17.3 Å². The van der Waals surface area contributed by atoms with E-state index in [4.69, 9.17) is 27.9 Å². The number of anilines is 1. The minimum Gasteiger partial charge on any atom is -0.489 e. The van der Waals surface area contributed by atoms with Gasteiger partial charge in [-0.15, -0.1) is 10.2 Å². The second-order valence-electron chi connectivity index (χ2n) is 5.15. The molecular formula is C17H13Cl2N5O2. The Morgan fingerprint density at radius 1 is 1.19 bits per heavy atom. The first-order valence-corrected chi connectivity index (χ1v) is 8.23. The van der Waals surface area contributed by atoms with E-state index >= 15 is 0 Å². The molecule has 0 spiro atoms. The molecular weight excluding hydrogens is 377 g/mol. The van der Waals surface area contributed by atoms with Gasteiger partial charge in [0.25, 0.3) is 5.56 Å². The second kappa shape index (κ2) is 8.46. The van der Waals surface area contributed by atoms with Crippen LogP contribution in [0.3, 0.4) is 0 Å². The Kier molecular flexibility index (Phi) is 5.83. The largest absolute Gasteiger partial charge is 0.489 e. The van der Waals surface area contributed by atoms with E-state index < -0.39 is 0 Å². The van der Waals surface area contributed by atoms with Crippen molar-refractivity contribution in [3.05, 3.63) is 80.2 Å². The number of halogens is 2. The molecule has 0 fully saturated rings. The van der Waals surface area contributed by atoms with Gasteiger partial charge in [-0.25, -0.2) is 5.43 Å². The number of hydrogen-bond acceptors (Lipinski definition) is 6. The Morgan fingerprint density at radius 3 is 2.73 bits per heavy atom. The predicted molar refractivity (Wildman–Crippen MR) is 101 cm³/mol. The number of rotatable bonds is 6. The smallest absolute Gasteiger partial charge is 0.271 e. The topological polar surface area (TPSA) is 92.3 Å². The molecule has 0 aliphatic rings. The number of nitrogens with one attached hydrogen (secondary N) is 2. The lowest BCUT2D eigenvalue weighted by atomic mass is 10.2. The molecule has 0 aliphatic carbocycles. The summed E-state index contributed by atoms with van der Waals surface area (Å²) in [7, 11) is 0. The van der Waals surface area contributed by atoms with Crippen LogP contribution < -0.4 is 15.7 Å². The maximum atomic E-state index is 11.1. The van der Waals surface area contributed by atoms with Crippen molar-refractivity contribution in [2.75, 3.05) is 5.43 Å². The fraction of sp³-hybridized carbons (Fsp3) is 0.0588. The summed E-state index contributed by atoms with van der Waals surface area (Å²) >= 11 is 12.0. The number of ether oxygens (including phenoxy) is 1. The average molecular weight is 390 g/mol. The summed E-state index contributed by atoms with van der Waals surface area (Å²) in [5, 5.41) is 12.3. The standard InChI is InChI=1S/C17H13Cl2N5O2/c18-13-4-3-12(15(19)7-13)10-26-14-5-1-11(2-6-14)8-20-23-17-22-16(25)9-21-24-17/h1-9H,10H2,(H2,22,23,24,25)/b20-8+. The Morgan fingerprint density at radius 2 is 2.00 bits per heavy atom. The van der Waals surface area contributed by atoms with Gasteiger partial charge in [-0.3, -0.25) is 9.78 Å². The van der Waals surface area contributed by atoms with Crippen molar-refractivity contribution < 1.29 is 4.74 Å². The zero-order valence-electron chi connectivity index (χ0n) is 13.3. The van der Waals surface area contributed by atoms with Crippen LogP contribution in [0.5, 0.6) is 5.75 Å². The minimum absolute atomic E-state index is 0.161. The third kappa shape index (κ3) is 5.05. The summed E-state index contributed by atoms with van der Waals surface area (Å²) in [4.78, 5) is 13.5. The van der Waals surface area contributed by atoms with E-state index in [2.05, 4.69) is 25.7 Å². The molecule has 2 aromatic carbocycles. The van der Waals surface area contributed by atoms with Crippen molar-refractivity contribution in [2.45, 2.75) is 6.61 Å². The van der Waals surface area contributed by atoms with Crippen molar-refractivity contribution in [2.24, 2.45) is 5.10 Å². The SMILES string of the molecule is O=c1cnnc(N/N=C/c2ccc(OCc3ccc(Cl)cc3Cl)cc2)[nH]1. The Hall–Kier alpha value is -2.90. The minimum atomic E-state index is -0.361.